The topological polar surface area (TPSA) is 65.1 Å². The summed E-state index contributed by atoms with van der Waals surface area (Å²) >= 11 is 1.51. The van der Waals surface area contributed by atoms with E-state index in [0.29, 0.717) is 19.0 Å². The highest BCUT2D eigenvalue weighted by atomic mass is 32.1. The molecule has 130 valence electrons. The van der Waals surface area contributed by atoms with Crippen LogP contribution in [-0.4, -0.2) is 39.2 Å². The number of benzene rings is 1. The van der Waals surface area contributed by atoms with Crippen LogP contribution in [0.5, 0.6) is 11.5 Å². The molecule has 2 aliphatic heterocycles. The molecule has 2 aromatic rings. The van der Waals surface area contributed by atoms with Crippen molar-refractivity contribution < 1.29 is 23.8 Å². The highest BCUT2D eigenvalue weighted by molar-refractivity contribution is 7.16. The van der Waals surface area contributed by atoms with E-state index in [9.17, 15) is 9.59 Å². The van der Waals surface area contributed by atoms with Gasteiger partial charge in [0.25, 0.3) is 0 Å². The zero-order chi connectivity index (χ0) is 17.6. The fraction of sp³-hybridized carbons (Fsp3) is 0.333. The molecular weight excluding hydrogens is 342 g/mol. The Balaban J connectivity index is 1.77. The van der Waals surface area contributed by atoms with Gasteiger partial charge < -0.3 is 19.1 Å². The van der Waals surface area contributed by atoms with Crippen LogP contribution in [0.4, 0.5) is 5.69 Å². The van der Waals surface area contributed by atoms with Gasteiger partial charge in [0.15, 0.2) is 11.5 Å². The molecule has 1 amide bonds. The summed E-state index contributed by atoms with van der Waals surface area (Å²) in [5.74, 6) is 0.437. The van der Waals surface area contributed by atoms with Crippen molar-refractivity contribution in [2.24, 2.45) is 0 Å². The maximum Gasteiger partial charge on any atom is 0.314 e. The van der Waals surface area contributed by atoms with Gasteiger partial charge in [-0.1, -0.05) is 0 Å². The Kier molecular flexibility index (Phi) is 3.88. The summed E-state index contributed by atoms with van der Waals surface area (Å²) in [4.78, 5) is 27.7. The summed E-state index contributed by atoms with van der Waals surface area (Å²) in [6, 6.07) is 7.72. The molecule has 1 aromatic carbocycles. The lowest BCUT2D eigenvalue weighted by Gasteiger charge is -2.27. The lowest BCUT2D eigenvalue weighted by molar-refractivity contribution is -0.144. The lowest BCUT2D eigenvalue weighted by atomic mass is 9.97. The number of thiophene rings is 1. The summed E-state index contributed by atoms with van der Waals surface area (Å²) in [5.41, 5.74) is 1.73. The molecule has 0 fully saturated rings. The second kappa shape index (κ2) is 6.07. The lowest BCUT2D eigenvalue weighted by Crippen LogP contribution is -2.34. The molecule has 4 rings (SSSR count). The van der Waals surface area contributed by atoms with E-state index in [2.05, 4.69) is 0 Å². The van der Waals surface area contributed by atoms with Gasteiger partial charge in [0.05, 0.1) is 12.8 Å². The molecule has 6 nitrogen and oxygen atoms in total. The molecule has 0 radical (unpaired) electrons. The van der Waals surface area contributed by atoms with Crippen molar-refractivity contribution in [3.63, 3.8) is 0 Å². The standard InChI is InChI=1S/C18H17NO5S/c1-19-12-9-15(10-3-4-13-14(7-10)24-6-5-23-13)25-17(12)11(8-16(19)20)18(21)22-2/h3-4,7,9,11H,5-6,8H2,1-2H3. The van der Waals surface area contributed by atoms with E-state index in [4.69, 9.17) is 14.2 Å². The Morgan fingerprint density at radius 1 is 1.24 bits per heavy atom. The molecule has 7 heteroatoms. The first-order chi connectivity index (χ1) is 12.1. The van der Waals surface area contributed by atoms with Gasteiger partial charge in [-0.15, -0.1) is 11.3 Å². The second-order valence-corrected chi connectivity index (χ2v) is 7.03. The van der Waals surface area contributed by atoms with Crippen LogP contribution in [0.25, 0.3) is 10.4 Å². The number of carbonyl (C=O) groups is 2. The van der Waals surface area contributed by atoms with Crippen LogP contribution < -0.4 is 14.4 Å². The largest absolute Gasteiger partial charge is 0.486 e. The van der Waals surface area contributed by atoms with Crippen LogP contribution in [0.2, 0.25) is 0 Å². The van der Waals surface area contributed by atoms with Crippen molar-refractivity contribution in [3.8, 4) is 21.9 Å². The zero-order valence-corrected chi connectivity index (χ0v) is 14.7. The Morgan fingerprint density at radius 2 is 2.00 bits per heavy atom. The number of rotatable bonds is 2. The average molecular weight is 359 g/mol. The van der Waals surface area contributed by atoms with E-state index in [1.165, 1.54) is 18.4 Å². The Labute approximate surface area is 148 Å². The Morgan fingerprint density at radius 3 is 2.76 bits per heavy atom. The first kappa shape index (κ1) is 16.0. The van der Waals surface area contributed by atoms with Crippen LogP contribution in [-0.2, 0) is 14.3 Å². The van der Waals surface area contributed by atoms with Crippen LogP contribution in [0.1, 0.15) is 17.2 Å². The average Bonchev–Trinajstić information content (AvgIpc) is 3.09. The van der Waals surface area contributed by atoms with Gasteiger partial charge in [0, 0.05) is 23.2 Å². The monoisotopic (exact) mass is 359 g/mol. The van der Waals surface area contributed by atoms with Crippen molar-refractivity contribution >= 4 is 28.9 Å². The summed E-state index contributed by atoms with van der Waals surface area (Å²) in [6.45, 7) is 1.08. The van der Waals surface area contributed by atoms with Crippen LogP contribution >= 0.6 is 11.3 Å². The quantitative estimate of drug-likeness (QED) is 0.772. The van der Waals surface area contributed by atoms with Crippen molar-refractivity contribution in [1.29, 1.82) is 0 Å². The number of ether oxygens (including phenoxy) is 3. The van der Waals surface area contributed by atoms with E-state index in [1.807, 2.05) is 24.3 Å². The molecule has 3 heterocycles. The molecule has 25 heavy (non-hydrogen) atoms. The molecule has 0 saturated carbocycles. The van der Waals surface area contributed by atoms with Gasteiger partial charge in [-0.25, -0.2) is 0 Å². The van der Waals surface area contributed by atoms with Crippen molar-refractivity contribution in [2.45, 2.75) is 12.3 Å². The number of fused-ring (bicyclic) bond motifs is 2. The summed E-state index contributed by atoms with van der Waals surface area (Å²) in [5, 5.41) is 0. The first-order valence-corrected chi connectivity index (χ1v) is 8.78. The SMILES string of the molecule is COC(=O)C1CC(=O)N(C)c2cc(-c3ccc4c(c3)OCCO4)sc21. The van der Waals surface area contributed by atoms with E-state index in [-0.39, 0.29) is 18.3 Å². The van der Waals surface area contributed by atoms with Gasteiger partial charge in [-0.2, -0.15) is 0 Å². The van der Waals surface area contributed by atoms with Crippen LogP contribution in [0, 0.1) is 0 Å². The van der Waals surface area contributed by atoms with E-state index >= 15 is 0 Å². The number of amides is 1. The molecule has 2 aliphatic rings. The third-order valence-electron chi connectivity index (χ3n) is 4.48. The zero-order valence-electron chi connectivity index (χ0n) is 13.9. The van der Waals surface area contributed by atoms with Crippen LogP contribution in [0.15, 0.2) is 24.3 Å². The van der Waals surface area contributed by atoms with Crippen molar-refractivity contribution in [2.75, 3.05) is 32.3 Å². The van der Waals surface area contributed by atoms with Crippen molar-refractivity contribution in [1.82, 2.24) is 0 Å². The first-order valence-electron chi connectivity index (χ1n) is 7.96. The third kappa shape index (κ3) is 2.64. The van der Waals surface area contributed by atoms with Crippen LogP contribution in [0.3, 0.4) is 0 Å². The highest BCUT2D eigenvalue weighted by Crippen LogP contribution is 2.46. The molecule has 1 unspecified atom stereocenters. The van der Waals surface area contributed by atoms with E-state index in [1.54, 1.807) is 11.9 Å². The number of carbonyl (C=O) groups excluding carboxylic acids is 2. The normalized spacial score (nSPS) is 18.7. The predicted octanol–water partition coefficient (Wildman–Crippen LogP) is 2.81. The number of nitrogens with zero attached hydrogens (tertiary/aromatic N) is 1. The third-order valence-corrected chi connectivity index (χ3v) is 5.77. The Hall–Kier alpha value is -2.54. The molecule has 0 bridgehead atoms. The predicted molar refractivity (Wildman–Crippen MR) is 93.5 cm³/mol. The molecule has 0 N–H and O–H groups in total. The molecule has 0 saturated heterocycles. The van der Waals surface area contributed by atoms with Gasteiger partial charge in [0.2, 0.25) is 5.91 Å². The summed E-state index contributed by atoms with van der Waals surface area (Å²) in [7, 11) is 3.08. The second-order valence-electron chi connectivity index (χ2n) is 5.95. The Bertz CT molecular complexity index is 859. The van der Waals surface area contributed by atoms with Gasteiger partial charge in [0.1, 0.15) is 19.1 Å². The minimum Gasteiger partial charge on any atom is -0.486 e. The molecule has 1 atom stereocenters. The number of hydrogen-bond acceptors (Lipinski definition) is 6. The van der Waals surface area contributed by atoms with Gasteiger partial charge in [-0.3, -0.25) is 9.59 Å². The van der Waals surface area contributed by atoms with E-state index < -0.39 is 5.92 Å². The summed E-state index contributed by atoms with van der Waals surface area (Å²) in [6.07, 6.45) is 0.136. The minimum atomic E-state index is -0.542. The maximum atomic E-state index is 12.2. The fourth-order valence-corrected chi connectivity index (χ4v) is 4.39. The minimum absolute atomic E-state index is 0.0885. The maximum absolute atomic E-state index is 12.2. The highest BCUT2D eigenvalue weighted by Gasteiger charge is 2.36. The van der Waals surface area contributed by atoms with Gasteiger partial charge in [-0.05, 0) is 29.8 Å². The number of methoxy groups -OCH3 is 1. The molecule has 0 aliphatic carbocycles. The van der Waals surface area contributed by atoms with E-state index in [0.717, 1.165) is 26.8 Å². The summed E-state index contributed by atoms with van der Waals surface area (Å²) < 4.78 is 16.1. The smallest absolute Gasteiger partial charge is 0.314 e. The number of hydrogen-bond donors (Lipinski definition) is 0. The van der Waals surface area contributed by atoms with Gasteiger partial charge >= 0.3 is 5.97 Å². The fourth-order valence-electron chi connectivity index (χ4n) is 3.12. The number of anilines is 1. The van der Waals surface area contributed by atoms with Crippen molar-refractivity contribution in [3.05, 3.63) is 29.1 Å². The molecular formula is C18H17NO5S. The molecule has 1 aromatic heterocycles. The molecule has 0 spiro atoms. The number of esters is 1.